The largest absolute Gasteiger partial charge is 0.506 e. The third-order valence-electron chi connectivity index (χ3n) is 4.47. The number of thiocarbonyl (C=S) groups is 1. The molecule has 0 radical (unpaired) electrons. The van der Waals surface area contributed by atoms with E-state index in [0.29, 0.717) is 15.8 Å². The molecule has 2 atom stereocenters. The molecular formula is C19H16ClN3OS2. The summed E-state index contributed by atoms with van der Waals surface area (Å²) >= 11 is 13.5. The average Bonchev–Trinajstić information content (AvgIpc) is 3.20. The average molecular weight is 402 g/mol. The van der Waals surface area contributed by atoms with E-state index in [1.807, 2.05) is 23.1 Å². The third-order valence-corrected chi connectivity index (χ3v) is 6.10. The van der Waals surface area contributed by atoms with Crippen molar-refractivity contribution < 1.29 is 5.11 Å². The molecule has 1 aromatic carbocycles. The van der Waals surface area contributed by atoms with Crippen molar-refractivity contribution in [3.63, 3.8) is 0 Å². The predicted molar refractivity (Wildman–Crippen MR) is 110 cm³/mol. The number of anilines is 1. The monoisotopic (exact) mass is 401 g/mol. The summed E-state index contributed by atoms with van der Waals surface area (Å²) in [7, 11) is 0. The van der Waals surface area contributed by atoms with E-state index in [2.05, 4.69) is 28.7 Å². The van der Waals surface area contributed by atoms with Gasteiger partial charge < -0.3 is 15.3 Å². The van der Waals surface area contributed by atoms with Gasteiger partial charge in [0.05, 0.1) is 23.5 Å². The molecule has 3 heterocycles. The number of benzene rings is 1. The zero-order chi connectivity index (χ0) is 18.3. The first-order valence-electron chi connectivity index (χ1n) is 8.09. The molecule has 0 spiro atoms. The van der Waals surface area contributed by atoms with Crippen molar-refractivity contribution >= 4 is 46.0 Å². The summed E-state index contributed by atoms with van der Waals surface area (Å²) in [6.07, 6.45) is 1.78. The number of aromatic nitrogens is 1. The lowest BCUT2D eigenvalue weighted by Gasteiger charge is -2.28. The van der Waals surface area contributed by atoms with Crippen LogP contribution in [0.2, 0.25) is 5.02 Å². The number of aryl methyl sites for hydroxylation is 1. The van der Waals surface area contributed by atoms with E-state index in [1.54, 1.807) is 35.7 Å². The van der Waals surface area contributed by atoms with Crippen LogP contribution in [0.1, 0.15) is 28.2 Å². The lowest BCUT2D eigenvalue weighted by Crippen LogP contribution is -2.29. The molecule has 1 fully saturated rings. The molecule has 132 valence electrons. The number of halogens is 1. The summed E-state index contributed by atoms with van der Waals surface area (Å²) in [5.74, 6) is 0.138. The maximum atomic E-state index is 10.5. The molecule has 0 saturated carbocycles. The van der Waals surface area contributed by atoms with Gasteiger partial charge in [-0.25, -0.2) is 0 Å². The molecule has 4 nitrogen and oxygen atoms in total. The van der Waals surface area contributed by atoms with E-state index in [1.165, 1.54) is 10.4 Å². The summed E-state index contributed by atoms with van der Waals surface area (Å²) in [6.45, 7) is 2.08. The Morgan fingerprint density at radius 1 is 1.27 bits per heavy atom. The van der Waals surface area contributed by atoms with E-state index in [-0.39, 0.29) is 17.8 Å². The molecule has 2 N–H and O–H groups in total. The number of rotatable bonds is 3. The fraction of sp³-hybridized carbons (Fsp3) is 0.158. The van der Waals surface area contributed by atoms with Crippen LogP contribution in [-0.2, 0) is 0 Å². The van der Waals surface area contributed by atoms with Gasteiger partial charge in [-0.1, -0.05) is 17.7 Å². The molecule has 1 saturated heterocycles. The van der Waals surface area contributed by atoms with Gasteiger partial charge in [0.25, 0.3) is 0 Å². The molecule has 0 bridgehead atoms. The minimum Gasteiger partial charge on any atom is -0.506 e. The summed E-state index contributed by atoms with van der Waals surface area (Å²) in [5.41, 5.74) is 2.67. The van der Waals surface area contributed by atoms with E-state index in [4.69, 9.17) is 23.8 Å². The molecular weight excluding hydrogens is 386 g/mol. The van der Waals surface area contributed by atoms with Crippen LogP contribution in [0.3, 0.4) is 0 Å². The summed E-state index contributed by atoms with van der Waals surface area (Å²) in [4.78, 5) is 7.63. The SMILES string of the molecule is Cc1ccsc1[C@H]1[C@@H](c2ccccn2)NC(=S)N1c1cc(Cl)ccc1O. The van der Waals surface area contributed by atoms with Crippen molar-refractivity contribution in [3.05, 3.63) is 75.2 Å². The standard InChI is InChI=1S/C19H16ClN3OS2/c1-11-7-9-26-18(11)17-16(13-4-2-3-8-21-13)22-19(25)23(17)14-10-12(20)5-6-15(14)24/h2-10,16-17,24H,1H3,(H,22,25)/t16-,17-/m1/s1. The van der Waals surface area contributed by atoms with Crippen LogP contribution in [0, 0.1) is 6.92 Å². The zero-order valence-corrected chi connectivity index (χ0v) is 16.3. The van der Waals surface area contributed by atoms with Gasteiger partial charge in [-0.15, -0.1) is 11.3 Å². The number of pyridine rings is 1. The number of hydrogen-bond acceptors (Lipinski definition) is 4. The first kappa shape index (κ1) is 17.3. The highest BCUT2D eigenvalue weighted by Crippen LogP contribution is 2.46. The number of aromatic hydroxyl groups is 1. The Morgan fingerprint density at radius 3 is 2.81 bits per heavy atom. The Morgan fingerprint density at radius 2 is 2.12 bits per heavy atom. The third kappa shape index (κ3) is 2.94. The van der Waals surface area contributed by atoms with E-state index in [0.717, 1.165) is 5.69 Å². The Labute approximate surface area is 166 Å². The van der Waals surface area contributed by atoms with Crippen molar-refractivity contribution in [2.75, 3.05) is 4.90 Å². The smallest absolute Gasteiger partial charge is 0.174 e. The van der Waals surface area contributed by atoms with E-state index < -0.39 is 0 Å². The lowest BCUT2D eigenvalue weighted by molar-refractivity contribution is 0.473. The van der Waals surface area contributed by atoms with E-state index in [9.17, 15) is 5.11 Å². The van der Waals surface area contributed by atoms with Gasteiger partial charge in [0.2, 0.25) is 0 Å². The van der Waals surface area contributed by atoms with Crippen molar-refractivity contribution in [2.24, 2.45) is 0 Å². The van der Waals surface area contributed by atoms with Crippen molar-refractivity contribution in [3.8, 4) is 5.75 Å². The molecule has 7 heteroatoms. The molecule has 0 aliphatic carbocycles. The van der Waals surface area contributed by atoms with Gasteiger partial charge in [-0.2, -0.15) is 0 Å². The molecule has 26 heavy (non-hydrogen) atoms. The maximum absolute atomic E-state index is 10.5. The normalized spacial score (nSPS) is 19.6. The first-order chi connectivity index (χ1) is 12.6. The Kier molecular flexibility index (Phi) is 4.56. The molecule has 3 aromatic rings. The molecule has 4 rings (SSSR count). The highest BCUT2D eigenvalue weighted by atomic mass is 35.5. The van der Waals surface area contributed by atoms with Crippen molar-refractivity contribution in [1.82, 2.24) is 10.3 Å². The number of phenols is 1. The highest BCUT2D eigenvalue weighted by Gasteiger charge is 2.42. The summed E-state index contributed by atoms with van der Waals surface area (Å²) < 4.78 is 0. The van der Waals surface area contributed by atoms with Crippen LogP contribution in [-0.4, -0.2) is 15.2 Å². The van der Waals surface area contributed by atoms with Gasteiger partial charge >= 0.3 is 0 Å². The number of phenolic OH excluding ortho intramolecular Hbond substituents is 1. The minimum absolute atomic E-state index is 0.123. The summed E-state index contributed by atoms with van der Waals surface area (Å²) in [5, 5.41) is 17.0. The van der Waals surface area contributed by atoms with Crippen LogP contribution in [0.5, 0.6) is 5.75 Å². The Balaban J connectivity index is 1.88. The number of hydrogen-bond donors (Lipinski definition) is 2. The second-order valence-corrected chi connectivity index (χ2v) is 7.87. The van der Waals surface area contributed by atoms with Crippen molar-refractivity contribution in [2.45, 2.75) is 19.0 Å². The fourth-order valence-electron chi connectivity index (χ4n) is 3.26. The quantitative estimate of drug-likeness (QED) is 0.605. The molecule has 1 aliphatic heterocycles. The van der Waals surface area contributed by atoms with Gasteiger partial charge in [0.1, 0.15) is 5.75 Å². The fourth-order valence-corrected chi connectivity index (χ4v) is 4.82. The number of nitrogens with zero attached hydrogens (tertiary/aromatic N) is 2. The van der Waals surface area contributed by atoms with Crippen LogP contribution < -0.4 is 10.2 Å². The first-order valence-corrected chi connectivity index (χ1v) is 9.76. The second-order valence-electron chi connectivity index (χ2n) is 6.10. The summed E-state index contributed by atoms with van der Waals surface area (Å²) in [6, 6.07) is 12.7. The topological polar surface area (TPSA) is 48.4 Å². The van der Waals surface area contributed by atoms with E-state index >= 15 is 0 Å². The van der Waals surface area contributed by atoms with Gasteiger partial charge in [-0.05, 0) is 66.5 Å². The second kappa shape index (κ2) is 6.87. The van der Waals surface area contributed by atoms with Gasteiger partial charge in [-0.3, -0.25) is 4.98 Å². The molecule has 1 aliphatic rings. The number of nitrogens with one attached hydrogen (secondary N) is 1. The minimum atomic E-state index is -0.126. The maximum Gasteiger partial charge on any atom is 0.174 e. The molecule has 2 aromatic heterocycles. The van der Waals surface area contributed by atoms with Crippen LogP contribution >= 0.6 is 35.2 Å². The number of thiophene rings is 1. The Hall–Kier alpha value is -2.15. The Bertz CT molecular complexity index is 960. The predicted octanol–water partition coefficient (Wildman–Crippen LogP) is 4.99. The van der Waals surface area contributed by atoms with Gasteiger partial charge in [0, 0.05) is 16.1 Å². The lowest BCUT2D eigenvalue weighted by atomic mass is 10.0. The van der Waals surface area contributed by atoms with Crippen LogP contribution in [0.4, 0.5) is 5.69 Å². The molecule has 0 unspecified atom stereocenters. The van der Waals surface area contributed by atoms with Crippen LogP contribution in [0.15, 0.2) is 54.0 Å². The zero-order valence-electron chi connectivity index (χ0n) is 13.9. The van der Waals surface area contributed by atoms with Crippen LogP contribution in [0.25, 0.3) is 0 Å². The van der Waals surface area contributed by atoms with Gasteiger partial charge in [0.15, 0.2) is 5.11 Å². The highest BCUT2D eigenvalue weighted by molar-refractivity contribution is 7.80. The van der Waals surface area contributed by atoms with Crippen molar-refractivity contribution in [1.29, 1.82) is 0 Å². The molecule has 0 amide bonds.